The highest BCUT2D eigenvalue weighted by Gasteiger charge is 2.22. The first-order valence-electron chi connectivity index (χ1n) is 14.8. The summed E-state index contributed by atoms with van der Waals surface area (Å²) in [4.78, 5) is 0. The highest BCUT2D eigenvalue weighted by molar-refractivity contribution is 7.25. The maximum absolute atomic E-state index is 2.42. The van der Waals surface area contributed by atoms with Crippen molar-refractivity contribution >= 4 is 63.8 Å². The van der Waals surface area contributed by atoms with Crippen LogP contribution in [0.25, 0.3) is 97.0 Å². The van der Waals surface area contributed by atoms with Crippen molar-refractivity contribution in [3.8, 4) is 44.5 Å². The van der Waals surface area contributed by atoms with Crippen molar-refractivity contribution < 1.29 is 0 Å². The third-order valence-electron chi connectivity index (χ3n) is 9.41. The van der Waals surface area contributed by atoms with Gasteiger partial charge in [0.05, 0.1) is 0 Å². The van der Waals surface area contributed by atoms with Crippen LogP contribution in [-0.2, 0) is 0 Å². The van der Waals surface area contributed by atoms with Crippen LogP contribution in [0.3, 0.4) is 0 Å². The second-order valence-corrected chi connectivity index (χ2v) is 12.7. The van der Waals surface area contributed by atoms with Crippen LogP contribution < -0.4 is 0 Å². The van der Waals surface area contributed by atoms with Crippen molar-refractivity contribution in [2.24, 2.45) is 0 Å². The van der Waals surface area contributed by atoms with Crippen molar-refractivity contribution in [3.05, 3.63) is 146 Å². The van der Waals surface area contributed by atoms with Gasteiger partial charge in [-0.15, -0.1) is 11.3 Å². The van der Waals surface area contributed by atoms with Gasteiger partial charge in [0.2, 0.25) is 0 Å². The van der Waals surface area contributed by atoms with E-state index in [1.54, 1.807) is 0 Å². The molecule has 0 radical (unpaired) electrons. The average molecular weight is 561 g/mol. The lowest BCUT2D eigenvalue weighted by molar-refractivity contribution is 1.69. The Morgan fingerprint density at radius 1 is 0.302 bits per heavy atom. The van der Waals surface area contributed by atoms with Crippen molar-refractivity contribution in [1.29, 1.82) is 0 Å². The van der Waals surface area contributed by atoms with Gasteiger partial charge in [0.15, 0.2) is 0 Å². The smallest absolute Gasteiger partial charge is 0.0355 e. The van der Waals surface area contributed by atoms with Gasteiger partial charge in [0.1, 0.15) is 0 Å². The Balaban J connectivity index is 1.19. The second-order valence-electron chi connectivity index (χ2n) is 11.6. The summed E-state index contributed by atoms with van der Waals surface area (Å²) in [7, 11) is 0. The molecule has 0 spiro atoms. The van der Waals surface area contributed by atoms with E-state index >= 15 is 0 Å². The Labute approximate surface area is 253 Å². The zero-order chi connectivity index (χ0) is 28.1. The average Bonchev–Trinajstić information content (AvgIpc) is 3.60. The van der Waals surface area contributed by atoms with E-state index in [9.17, 15) is 0 Å². The second kappa shape index (κ2) is 8.64. The van der Waals surface area contributed by atoms with Crippen molar-refractivity contribution in [3.63, 3.8) is 0 Å². The van der Waals surface area contributed by atoms with E-state index in [2.05, 4.69) is 146 Å². The van der Waals surface area contributed by atoms with Gasteiger partial charge in [0, 0.05) is 20.2 Å². The quantitative estimate of drug-likeness (QED) is 0.184. The van der Waals surface area contributed by atoms with E-state index in [-0.39, 0.29) is 0 Å². The van der Waals surface area contributed by atoms with Crippen molar-refractivity contribution in [2.75, 3.05) is 0 Å². The van der Waals surface area contributed by atoms with E-state index in [1.807, 2.05) is 11.3 Å². The molecule has 9 aromatic rings. The van der Waals surface area contributed by atoms with Crippen LogP contribution in [0.2, 0.25) is 0 Å². The summed E-state index contributed by atoms with van der Waals surface area (Å²) in [5, 5.41) is 10.6. The molecule has 0 aliphatic heterocycles. The number of rotatable bonds is 2. The number of fused-ring (bicyclic) bond motifs is 9. The Kier molecular flexibility index (Phi) is 4.69. The number of benzene rings is 8. The highest BCUT2D eigenvalue weighted by Crippen LogP contribution is 2.49. The molecule has 0 bridgehead atoms. The largest absolute Gasteiger partial charge is 0.135 e. The fraction of sp³-hybridized carbons (Fsp3) is 0. The number of hydrogen-bond acceptors (Lipinski definition) is 1. The van der Waals surface area contributed by atoms with Gasteiger partial charge in [-0.25, -0.2) is 0 Å². The summed E-state index contributed by atoms with van der Waals surface area (Å²) in [6, 6.07) is 54.2. The molecule has 1 aliphatic carbocycles. The molecule has 0 atom stereocenters. The molecular weight excluding hydrogens is 537 g/mol. The molecule has 0 unspecified atom stereocenters. The molecule has 43 heavy (non-hydrogen) atoms. The van der Waals surface area contributed by atoms with Gasteiger partial charge in [0.25, 0.3) is 0 Å². The van der Waals surface area contributed by atoms with Gasteiger partial charge in [-0.2, -0.15) is 0 Å². The topological polar surface area (TPSA) is 0 Å². The summed E-state index contributed by atoms with van der Waals surface area (Å²) in [5.74, 6) is 0. The SMILES string of the molecule is c1ccc2c(c1)-c1cccc3c(-c4ccc5sc6ccc(-c7cccc8ccc9ccccc9c78)cc6c5c4)ccc-2c13. The zero-order valence-corrected chi connectivity index (χ0v) is 24.1. The van der Waals surface area contributed by atoms with E-state index in [0.717, 1.165) is 0 Å². The van der Waals surface area contributed by atoms with Gasteiger partial charge in [-0.1, -0.05) is 121 Å². The Morgan fingerprint density at radius 3 is 1.67 bits per heavy atom. The first-order valence-corrected chi connectivity index (χ1v) is 15.7. The molecule has 10 rings (SSSR count). The lowest BCUT2D eigenvalue weighted by atomic mass is 9.92. The minimum Gasteiger partial charge on any atom is -0.135 e. The summed E-state index contributed by atoms with van der Waals surface area (Å²) in [5.41, 5.74) is 10.5. The maximum Gasteiger partial charge on any atom is 0.0355 e. The highest BCUT2D eigenvalue weighted by atomic mass is 32.1. The number of hydrogen-bond donors (Lipinski definition) is 0. The molecule has 0 saturated carbocycles. The van der Waals surface area contributed by atoms with Crippen molar-refractivity contribution in [2.45, 2.75) is 0 Å². The van der Waals surface area contributed by atoms with Crippen LogP contribution in [0.5, 0.6) is 0 Å². The normalized spacial score (nSPS) is 12.2. The Bertz CT molecular complexity index is 2590. The van der Waals surface area contributed by atoms with Gasteiger partial charge in [-0.3, -0.25) is 0 Å². The molecule has 1 heterocycles. The molecular formula is C42H24S. The lowest BCUT2D eigenvalue weighted by Gasteiger charge is -2.11. The Morgan fingerprint density at radius 2 is 0.860 bits per heavy atom. The maximum atomic E-state index is 2.42. The van der Waals surface area contributed by atoms with Crippen LogP contribution in [0.4, 0.5) is 0 Å². The van der Waals surface area contributed by atoms with E-state index in [1.165, 1.54) is 97.0 Å². The third-order valence-corrected chi connectivity index (χ3v) is 10.6. The fourth-order valence-electron chi connectivity index (χ4n) is 7.47. The monoisotopic (exact) mass is 560 g/mol. The predicted molar refractivity (Wildman–Crippen MR) is 187 cm³/mol. The molecule has 0 amide bonds. The molecule has 198 valence electrons. The summed E-state index contributed by atoms with van der Waals surface area (Å²) in [6.07, 6.45) is 0. The first kappa shape index (κ1) is 23.3. The van der Waals surface area contributed by atoms with E-state index in [0.29, 0.717) is 0 Å². The molecule has 0 nitrogen and oxygen atoms in total. The van der Waals surface area contributed by atoms with Crippen LogP contribution in [0, 0.1) is 0 Å². The first-order chi connectivity index (χ1) is 21.3. The van der Waals surface area contributed by atoms with Crippen LogP contribution in [0.1, 0.15) is 0 Å². The Hall–Kier alpha value is -5.24. The molecule has 1 heteroatoms. The summed E-state index contributed by atoms with van der Waals surface area (Å²) < 4.78 is 2.66. The molecule has 0 fully saturated rings. The fourth-order valence-corrected chi connectivity index (χ4v) is 8.54. The molecule has 0 N–H and O–H groups in total. The van der Waals surface area contributed by atoms with Gasteiger partial charge >= 0.3 is 0 Å². The molecule has 0 saturated heterocycles. The van der Waals surface area contributed by atoms with Crippen LogP contribution >= 0.6 is 11.3 Å². The van der Waals surface area contributed by atoms with Crippen LogP contribution in [0.15, 0.2) is 146 Å². The van der Waals surface area contributed by atoms with E-state index in [4.69, 9.17) is 0 Å². The van der Waals surface area contributed by atoms with E-state index < -0.39 is 0 Å². The summed E-state index contributed by atoms with van der Waals surface area (Å²) >= 11 is 1.89. The lowest BCUT2D eigenvalue weighted by Crippen LogP contribution is -1.84. The minimum absolute atomic E-state index is 1.27. The van der Waals surface area contributed by atoms with Crippen molar-refractivity contribution in [1.82, 2.24) is 0 Å². The standard InChI is InChI=1S/C42H24S/c1-2-9-30-25(7-1)15-16-26-8-5-12-31(41(26)30)28-18-22-40-38(24-28)37-23-27(17-21-39(37)43-40)29-19-20-36-33-11-4-3-10-32(33)35-14-6-13-34(29)42(35)36/h1-24H. The summed E-state index contributed by atoms with van der Waals surface area (Å²) in [6.45, 7) is 0. The number of thiophene rings is 1. The third kappa shape index (κ3) is 3.26. The molecule has 1 aromatic heterocycles. The zero-order valence-electron chi connectivity index (χ0n) is 23.3. The van der Waals surface area contributed by atoms with Crippen LogP contribution in [-0.4, -0.2) is 0 Å². The molecule has 1 aliphatic rings. The molecule has 8 aromatic carbocycles. The van der Waals surface area contributed by atoms with Gasteiger partial charge < -0.3 is 0 Å². The predicted octanol–water partition coefficient (Wildman–Crippen LogP) is 12.5. The minimum atomic E-state index is 1.27. The van der Waals surface area contributed by atoms with Gasteiger partial charge in [-0.05, 0) is 101 Å².